The van der Waals surface area contributed by atoms with Gasteiger partial charge in [-0.3, -0.25) is 14.5 Å². The molecule has 10 nitrogen and oxygen atoms in total. The van der Waals surface area contributed by atoms with E-state index in [1.54, 1.807) is 23.4 Å². The van der Waals surface area contributed by atoms with E-state index < -0.39 is 6.04 Å². The molecule has 2 aromatic rings. The number of carbonyl (C=O) groups excluding carboxylic acids is 2. The van der Waals surface area contributed by atoms with Crippen molar-refractivity contribution in [2.24, 2.45) is 0 Å². The number of aromatic nitrogens is 4. The van der Waals surface area contributed by atoms with Crippen molar-refractivity contribution in [1.82, 2.24) is 24.6 Å². The molecule has 34 heavy (non-hydrogen) atoms. The number of nitrogens with zero attached hydrogens (tertiary/aromatic N) is 7. The molecule has 2 aromatic heterocycles. The Balaban J connectivity index is 1.52. The third-order valence-electron chi connectivity index (χ3n) is 6.72. The molecule has 0 unspecified atom stereocenters. The Hall–Kier alpha value is -3.53. The highest BCUT2D eigenvalue weighted by molar-refractivity contribution is 6.06. The van der Waals surface area contributed by atoms with Crippen LogP contribution in [0.4, 0.5) is 11.5 Å². The van der Waals surface area contributed by atoms with Gasteiger partial charge >= 0.3 is 0 Å². The smallest absolute Gasteiger partial charge is 0.257 e. The van der Waals surface area contributed by atoms with Gasteiger partial charge < -0.3 is 14.5 Å². The average molecular weight is 464 g/mol. The van der Waals surface area contributed by atoms with Gasteiger partial charge in [0.05, 0.1) is 31.2 Å². The van der Waals surface area contributed by atoms with Gasteiger partial charge in [0.1, 0.15) is 11.7 Å². The normalized spacial score (nSPS) is 21.0. The summed E-state index contributed by atoms with van der Waals surface area (Å²) in [4.78, 5) is 40.9. The summed E-state index contributed by atoms with van der Waals surface area (Å²) in [5.74, 6) is 0.885. The van der Waals surface area contributed by atoms with E-state index in [1.807, 2.05) is 0 Å². The molecule has 1 saturated heterocycles. The van der Waals surface area contributed by atoms with Crippen molar-refractivity contribution in [3.63, 3.8) is 0 Å². The minimum Gasteiger partial charge on any atom is -0.378 e. The number of amides is 2. The summed E-state index contributed by atoms with van der Waals surface area (Å²) in [5, 5.41) is 4.36. The predicted octanol–water partition coefficient (Wildman–Crippen LogP) is 2.32. The number of rotatable bonds is 6. The first kappa shape index (κ1) is 22.3. The lowest BCUT2D eigenvalue weighted by Crippen LogP contribution is -2.55. The SMILES string of the molecule is C=CC[C@@H]1C(=O)N(C=C)c2cnc(-n3cc(C(=O)N4CCOCC4)cn3)nc2N1C1CCCC1. The van der Waals surface area contributed by atoms with Gasteiger partial charge in [-0.2, -0.15) is 10.1 Å². The van der Waals surface area contributed by atoms with Crippen LogP contribution in [0.25, 0.3) is 5.95 Å². The van der Waals surface area contributed by atoms with Crippen molar-refractivity contribution in [2.45, 2.75) is 44.2 Å². The number of carbonyl (C=O) groups is 2. The van der Waals surface area contributed by atoms with Crippen LogP contribution in [-0.4, -0.2) is 74.8 Å². The number of fused-ring (bicyclic) bond motifs is 1. The van der Waals surface area contributed by atoms with E-state index in [9.17, 15) is 9.59 Å². The number of ether oxygens (including phenoxy) is 1. The summed E-state index contributed by atoms with van der Waals surface area (Å²) in [7, 11) is 0. The summed E-state index contributed by atoms with van der Waals surface area (Å²) >= 11 is 0. The van der Waals surface area contributed by atoms with Crippen LogP contribution in [0.15, 0.2) is 44.0 Å². The molecule has 178 valence electrons. The molecule has 5 rings (SSSR count). The Morgan fingerprint density at radius 3 is 2.65 bits per heavy atom. The fourth-order valence-corrected chi connectivity index (χ4v) is 5.04. The van der Waals surface area contributed by atoms with Crippen LogP contribution in [-0.2, 0) is 9.53 Å². The van der Waals surface area contributed by atoms with Crippen LogP contribution in [0.2, 0.25) is 0 Å². The van der Waals surface area contributed by atoms with E-state index in [4.69, 9.17) is 9.72 Å². The van der Waals surface area contributed by atoms with Gasteiger partial charge in [-0.15, -0.1) is 6.58 Å². The lowest BCUT2D eigenvalue weighted by atomic mass is 10.0. The van der Waals surface area contributed by atoms with Crippen molar-refractivity contribution >= 4 is 23.3 Å². The van der Waals surface area contributed by atoms with Crippen LogP contribution in [0.5, 0.6) is 0 Å². The first-order chi connectivity index (χ1) is 16.6. The van der Waals surface area contributed by atoms with Crippen molar-refractivity contribution in [3.8, 4) is 5.95 Å². The lowest BCUT2D eigenvalue weighted by molar-refractivity contribution is -0.119. The van der Waals surface area contributed by atoms with Crippen molar-refractivity contribution in [3.05, 3.63) is 49.6 Å². The van der Waals surface area contributed by atoms with Crippen LogP contribution >= 0.6 is 0 Å². The molecule has 0 aromatic carbocycles. The predicted molar refractivity (Wildman–Crippen MR) is 127 cm³/mol. The number of hydrogen-bond acceptors (Lipinski definition) is 7. The van der Waals surface area contributed by atoms with Gasteiger partial charge in [-0.1, -0.05) is 25.5 Å². The molecule has 4 heterocycles. The second kappa shape index (κ2) is 9.38. The Labute approximate surface area is 198 Å². The minimum atomic E-state index is -0.398. The highest BCUT2D eigenvalue weighted by Crippen LogP contribution is 2.40. The molecule has 3 aliphatic rings. The lowest BCUT2D eigenvalue weighted by Gasteiger charge is -2.43. The Kier molecular flexibility index (Phi) is 6.14. The fourth-order valence-electron chi connectivity index (χ4n) is 5.04. The molecule has 2 amide bonds. The molecular weight excluding hydrogens is 434 g/mol. The molecule has 1 aliphatic carbocycles. The summed E-state index contributed by atoms with van der Waals surface area (Å²) in [6.45, 7) is 9.90. The molecule has 10 heteroatoms. The number of morpholine rings is 1. The molecule has 1 saturated carbocycles. The summed E-state index contributed by atoms with van der Waals surface area (Å²) < 4.78 is 6.85. The molecule has 0 N–H and O–H groups in total. The quantitative estimate of drug-likeness (QED) is 0.607. The average Bonchev–Trinajstić information content (AvgIpc) is 3.57. The second-order valence-corrected chi connectivity index (χ2v) is 8.73. The molecule has 0 bridgehead atoms. The van der Waals surface area contributed by atoms with Crippen molar-refractivity contribution in [1.29, 1.82) is 0 Å². The molecule has 1 atom stereocenters. The van der Waals surface area contributed by atoms with Crippen LogP contribution in [0, 0.1) is 0 Å². The van der Waals surface area contributed by atoms with E-state index in [0.717, 1.165) is 25.7 Å². The van der Waals surface area contributed by atoms with E-state index in [2.05, 4.69) is 28.1 Å². The highest BCUT2D eigenvalue weighted by Gasteiger charge is 2.42. The molecule has 2 fully saturated rings. The van der Waals surface area contributed by atoms with Gasteiger partial charge in [0.15, 0.2) is 5.82 Å². The Morgan fingerprint density at radius 2 is 1.94 bits per heavy atom. The maximum Gasteiger partial charge on any atom is 0.257 e. The van der Waals surface area contributed by atoms with Gasteiger partial charge in [0.2, 0.25) is 0 Å². The van der Waals surface area contributed by atoms with Crippen LogP contribution in [0.1, 0.15) is 42.5 Å². The van der Waals surface area contributed by atoms with Gasteiger partial charge in [-0.05, 0) is 19.3 Å². The van der Waals surface area contributed by atoms with E-state index >= 15 is 0 Å². The summed E-state index contributed by atoms with van der Waals surface area (Å²) in [5.41, 5.74) is 1.08. The van der Waals surface area contributed by atoms with Crippen LogP contribution < -0.4 is 9.80 Å². The fraction of sp³-hybridized carbons (Fsp3) is 0.458. The number of hydrogen-bond donors (Lipinski definition) is 0. The maximum absolute atomic E-state index is 13.3. The van der Waals surface area contributed by atoms with E-state index in [0.29, 0.717) is 55.7 Å². The summed E-state index contributed by atoms with van der Waals surface area (Å²) in [6.07, 6.45) is 12.9. The topological polar surface area (TPSA) is 96.7 Å². The van der Waals surface area contributed by atoms with Gasteiger partial charge in [-0.25, -0.2) is 9.67 Å². The van der Waals surface area contributed by atoms with E-state index in [1.165, 1.54) is 22.0 Å². The van der Waals surface area contributed by atoms with Gasteiger partial charge in [0, 0.05) is 31.5 Å². The minimum absolute atomic E-state index is 0.0527. The van der Waals surface area contributed by atoms with Gasteiger partial charge in [0.25, 0.3) is 17.8 Å². The first-order valence-corrected chi connectivity index (χ1v) is 11.8. The Bertz CT molecular complexity index is 1100. The third-order valence-corrected chi connectivity index (χ3v) is 6.72. The highest BCUT2D eigenvalue weighted by atomic mass is 16.5. The van der Waals surface area contributed by atoms with Crippen LogP contribution in [0.3, 0.4) is 0 Å². The molecular formula is C24H29N7O3. The molecule has 2 aliphatic heterocycles. The zero-order valence-electron chi connectivity index (χ0n) is 19.2. The van der Waals surface area contributed by atoms with Crippen molar-refractivity contribution in [2.75, 3.05) is 36.1 Å². The zero-order valence-corrected chi connectivity index (χ0v) is 19.2. The third kappa shape index (κ3) is 3.87. The largest absolute Gasteiger partial charge is 0.378 e. The zero-order chi connectivity index (χ0) is 23.7. The van der Waals surface area contributed by atoms with Crippen molar-refractivity contribution < 1.29 is 14.3 Å². The maximum atomic E-state index is 13.3. The molecule has 0 spiro atoms. The standard InChI is InChI=1S/C24H29N7O3/c1-3-7-19-23(33)29(4-2)20-15-25-24(27-21(20)31(19)18-8-5-6-9-18)30-16-17(14-26-30)22(32)28-10-12-34-13-11-28/h3-4,14-16,18-19H,1-2,5-13H2/t19-/m1/s1. The second-order valence-electron chi connectivity index (χ2n) is 8.73. The summed E-state index contributed by atoms with van der Waals surface area (Å²) in [6, 6.07) is -0.177. The molecule has 0 radical (unpaired) electrons. The van der Waals surface area contributed by atoms with E-state index in [-0.39, 0.29) is 17.9 Å². The number of anilines is 2. The monoisotopic (exact) mass is 463 g/mol. The Morgan fingerprint density at radius 1 is 1.18 bits per heavy atom. The first-order valence-electron chi connectivity index (χ1n) is 11.8.